The number of piperazine rings is 1. The lowest BCUT2D eigenvalue weighted by Gasteiger charge is -2.38. The minimum atomic E-state index is -4.41. The molecule has 2 aromatic rings. The molecule has 0 aromatic heterocycles. The van der Waals surface area contributed by atoms with E-state index in [0.717, 1.165) is 12.1 Å². The molecule has 1 fully saturated rings. The monoisotopic (exact) mass is 436 g/mol. The average molecular weight is 437 g/mol. The lowest BCUT2D eigenvalue weighted by molar-refractivity contribution is -0.137. The van der Waals surface area contributed by atoms with Crippen LogP contribution >= 0.6 is 12.4 Å². The Hall–Kier alpha value is -1.74. The van der Waals surface area contributed by atoms with Crippen molar-refractivity contribution in [3.63, 3.8) is 0 Å². The van der Waals surface area contributed by atoms with Crippen molar-refractivity contribution >= 4 is 12.4 Å². The van der Waals surface area contributed by atoms with Gasteiger partial charge in [0.1, 0.15) is 12.6 Å². The first-order chi connectivity index (χ1) is 13.2. The molecule has 160 valence electrons. The fourth-order valence-electron chi connectivity index (χ4n) is 3.46. The van der Waals surface area contributed by atoms with Crippen molar-refractivity contribution in [2.24, 2.45) is 0 Å². The summed E-state index contributed by atoms with van der Waals surface area (Å²) in [7, 11) is 0. The number of alkyl halides is 5. The van der Waals surface area contributed by atoms with E-state index in [4.69, 9.17) is 0 Å². The summed E-state index contributed by atoms with van der Waals surface area (Å²) in [5.74, 6) is -3.31. The molecule has 0 unspecified atom stereocenters. The zero-order valence-electron chi connectivity index (χ0n) is 15.4. The van der Waals surface area contributed by atoms with Gasteiger partial charge in [-0.3, -0.25) is 4.90 Å². The Labute approximate surface area is 171 Å². The lowest BCUT2D eigenvalue weighted by Crippen LogP contribution is -2.51. The number of benzene rings is 2. The largest absolute Gasteiger partial charge is 0.416 e. The first kappa shape index (κ1) is 23.5. The Kier molecular flexibility index (Phi) is 7.62. The van der Waals surface area contributed by atoms with Crippen molar-refractivity contribution < 1.29 is 27.1 Å². The number of hydrogen-bond donors (Lipinski definition) is 2. The average Bonchev–Trinajstić information content (AvgIpc) is 2.69. The Bertz CT molecular complexity index is 775. The van der Waals surface area contributed by atoms with Gasteiger partial charge >= 0.3 is 6.18 Å². The zero-order valence-corrected chi connectivity index (χ0v) is 16.2. The SMILES string of the molecule is Cl.OCC(F)(F)[C@H](c1ccc(-c2ccc(C(F)(F)F)cc2)cc1)N1CCNCC1. The van der Waals surface area contributed by atoms with E-state index in [0.29, 0.717) is 42.9 Å². The number of nitrogens with one attached hydrogen (secondary N) is 1. The van der Waals surface area contributed by atoms with Crippen molar-refractivity contribution in [2.45, 2.75) is 18.1 Å². The van der Waals surface area contributed by atoms with Crippen molar-refractivity contribution in [1.29, 1.82) is 0 Å². The summed E-state index contributed by atoms with van der Waals surface area (Å²) in [6.45, 7) is 0.771. The number of halogens is 6. The second-order valence-corrected chi connectivity index (χ2v) is 6.80. The minimum Gasteiger partial charge on any atom is -0.390 e. The van der Waals surface area contributed by atoms with E-state index in [-0.39, 0.29) is 12.4 Å². The van der Waals surface area contributed by atoms with Crippen LogP contribution in [0.2, 0.25) is 0 Å². The standard InChI is InChI=1S/C20H21F5N2O.ClH/c21-19(22,13-28)18(27-11-9-26-10-12-27)16-3-1-14(2-4-16)15-5-7-17(8-6-15)20(23,24)25;/h1-8,18,26,28H,9-13H2;1H/t18-;/m0./s1. The molecule has 29 heavy (non-hydrogen) atoms. The Balaban J connectivity index is 0.00000300. The first-order valence-corrected chi connectivity index (χ1v) is 8.93. The molecule has 0 aliphatic carbocycles. The topological polar surface area (TPSA) is 35.5 Å². The maximum absolute atomic E-state index is 14.4. The van der Waals surface area contributed by atoms with Gasteiger partial charge in [-0.05, 0) is 28.8 Å². The van der Waals surface area contributed by atoms with Crippen molar-refractivity contribution in [1.82, 2.24) is 10.2 Å². The number of rotatable bonds is 5. The van der Waals surface area contributed by atoms with Gasteiger partial charge in [-0.25, -0.2) is 8.78 Å². The van der Waals surface area contributed by atoms with E-state index in [1.165, 1.54) is 12.1 Å². The van der Waals surface area contributed by atoms with Crippen LogP contribution < -0.4 is 5.32 Å². The maximum atomic E-state index is 14.4. The van der Waals surface area contributed by atoms with Crippen LogP contribution in [0, 0.1) is 0 Å². The van der Waals surface area contributed by atoms with E-state index in [2.05, 4.69) is 5.32 Å². The van der Waals surface area contributed by atoms with E-state index >= 15 is 0 Å². The van der Waals surface area contributed by atoms with Crippen LogP contribution in [-0.2, 0) is 6.18 Å². The normalized spacial score (nSPS) is 16.9. The fraction of sp³-hybridized carbons (Fsp3) is 0.400. The van der Waals surface area contributed by atoms with Crippen LogP contribution in [-0.4, -0.2) is 48.7 Å². The van der Waals surface area contributed by atoms with Gasteiger partial charge < -0.3 is 10.4 Å². The van der Waals surface area contributed by atoms with Crippen LogP contribution in [0.15, 0.2) is 48.5 Å². The molecule has 9 heteroatoms. The number of aliphatic hydroxyl groups excluding tert-OH is 1. The summed E-state index contributed by atoms with van der Waals surface area (Å²) in [5.41, 5.74) is 0.807. The Morgan fingerprint density at radius 3 is 1.79 bits per heavy atom. The highest BCUT2D eigenvalue weighted by Crippen LogP contribution is 2.37. The van der Waals surface area contributed by atoms with Crippen molar-refractivity contribution in [3.8, 4) is 11.1 Å². The van der Waals surface area contributed by atoms with Crippen LogP contribution in [0.1, 0.15) is 17.2 Å². The van der Waals surface area contributed by atoms with Gasteiger partial charge in [0, 0.05) is 26.2 Å². The number of hydrogen-bond acceptors (Lipinski definition) is 3. The third-order valence-corrected chi connectivity index (χ3v) is 4.90. The molecule has 3 nitrogen and oxygen atoms in total. The molecule has 3 rings (SSSR count). The summed E-state index contributed by atoms with van der Waals surface area (Å²) in [4.78, 5) is 1.64. The predicted molar refractivity (Wildman–Crippen MR) is 103 cm³/mol. The highest BCUT2D eigenvalue weighted by atomic mass is 35.5. The third-order valence-electron chi connectivity index (χ3n) is 4.90. The highest BCUT2D eigenvalue weighted by Gasteiger charge is 2.44. The van der Waals surface area contributed by atoms with Crippen LogP contribution in [0.5, 0.6) is 0 Å². The summed E-state index contributed by atoms with van der Waals surface area (Å²) >= 11 is 0. The molecule has 1 atom stereocenters. The van der Waals surface area contributed by atoms with Crippen LogP contribution in [0.3, 0.4) is 0 Å². The molecule has 1 heterocycles. The molecule has 0 bridgehead atoms. The maximum Gasteiger partial charge on any atom is 0.416 e. The smallest absolute Gasteiger partial charge is 0.390 e. The number of nitrogens with zero attached hydrogens (tertiary/aromatic N) is 1. The molecule has 2 N–H and O–H groups in total. The van der Waals surface area contributed by atoms with Crippen molar-refractivity contribution in [3.05, 3.63) is 59.7 Å². The summed E-state index contributed by atoms with van der Waals surface area (Å²) in [6, 6.07) is 9.75. The highest BCUT2D eigenvalue weighted by molar-refractivity contribution is 5.85. The molecule has 1 aliphatic rings. The lowest BCUT2D eigenvalue weighted by atomic mass is 9.95. The van der Waals surface area contributed by atoms with Gasteiger partial charge in [0.2, 0.25) is 0 Å². The van der Waals surface area contributed by atoms with Crippen LogP contribution in [0.25, 0.3) is 11.1 Å². The first-order valence-electron chi connectivity index (χ1n) is 8.93. The molecule has 1 aliphatic heterocycles. The van der Waals surface area contributed by atoms with E-state index < -0.39 is 30.3 Å². The van der Waals surface area contributed by atoms with Gasteiger partial charge in [0.25, 0.3) is 5.92 Å². The molecule has 0 saturated carbocycles. The summed E-state index contributed by atoms with van der Waals surface area (Å²) in [6.07, 6.45) is -4.41. The molecule has 2 aromatic carbocycles. The summed E-state index contributed by atoms with van der Waals surface area (Å²) in [5, 5.41) is 12.3. The van der Waals surface area contributed by atoms with Gasteiger partial charge in [-0.1, -0.05) is 36.4 Å². The van der Waals surface area contributed by atoms with E-state index in [9.17, 15) is 27.1 Å². The van der Waals surface area contributed by atoms with E-state index in [1.54, 1.807) is 29.2 Å². The second-order valence-electron chi connectivity index (χ2n) is 6.80. The Morgan fingerprint density at radius 1 is 0.862 bits per heavy atom. The second kappa shape index (κ2) is 9.38. The molecule has 0 radical (unpaired) electrons. The van der Waals surface area contributed by atoms with Crippen LogP contribution in [0.4, 0.5) is 22.0 Å². The molecule has 0 spiro atoms. The Morgan fingerprint density at radius 2 is 1.34 bits per heavy atom. The van der Waals surface area contributed by atoms with Gasteiger partial charge in [-0.2, -0.15) is 13.2 Å². The van der Waals surface area contributed by atoms with Gasteiger partial charge in [0.05, 0.1) is 5.56 Å². The zero-order chi connectivity index (χ0) is 20.4. The third kappa shape index (κ3) is 5.45. The molecule has 1 saturated heterocycles. The quantitative estimate of drug-likeness (QED) is 0.683. The minimum absolute atomic E-state index is 0. The molecular weight excluding hydrogens is 415 g/mol. The van der Waals surface area contributed by atoms with Gasteiger partial charge in [0.15, 0.2) is 0 Å². The summed E-state index contributed by atoms with van der Waals surface area (Å²) < 4.78 is 67.0. The van der Waals surface area contributed by atoms with Gasteiger partial charge in [-0.15, -0.1) is 12.4 Å². The molecule has 0 amide bonds. The fourth-order valence-corrected chi connectivity index (χ4v) is 3.46. The van der Waals surface area contributed by atoms with Crippen molar-refractivity contribution in [2.75, 3.05) is 32.8 Å². The molecular formula is C20H22ClF5N2O. The number of aliphatic hydroxyl groups is 1. The predicted octanol–water partition coefficient (Wildman–Crippen LogP) is 4.37. The van der Waals surface area contributed by atoms with E-state index in [1.807, 2.05) is 0 Å².